The average Bonchev–Trinajstić information content (AvgIpc) is 3.78. The topological polar surface area (TPSA) is 151 Å². The van der Waals surface area contributed by atoms with Crippen molar-refractivity contribution in [2.24, 2.45) is 34.5 Å². The van der Waals surface area contributed by atoms with E-state index < -0.39 is 17.1 Å². The number of carbonyl (C=O) groups is 3. The van der Waals surface area contributed by atoms with Gasteiger partial charge in [0.2, 0.25) is 0 Å². The number of aryl methyl sites for hydroxylation is 2. The lowest BCUT2D eigenvalue weighted by Crippen LogP contribution is -2.67. The number of esters is 3. The number of pyridine rings is 4. The summed E-state index contributed by atoms with van der Waals surface area (Å²) in [5.41, 5.74) is 5.45. The molecule has 0 aromatic carbocycles. The Hall–Kier alpha value is -5.29. The molecular weight excluding hydrogens is 757 g/mol. The van der Waals surface area contributed by atoms with Crippen LogP contribution >= 0.6 is 0 Å². The Morgan fingerprint density at radius 3 is 1.90 bits per heavy atom. The summed E-state index contributed by atoms with van der Waals surface area (Å²) in [7, 11) is 0. The van der Waals surface area contributed by atoms with E-state index in [1.807, 2.05) is 62.4 Å². The molecule has 4 fully saturated rings. The lowest BCUT2D eigenvalue weighted by Gasteiger charge is -2.65. The summed E-state index contributed by atoms with van der Waals surface area (Å²) in [6, 6.07) is 15.3. The number of aliphatic hydroxyl groups is 1. The van der Waals surface area contributed by atoms with Crippen molar-refractivity contribution in [2.45, 2.75) is 110 Å². The number of rotatable bonds is 9. The molecule has 5 aliphatic rings. The first-order valence-corrected chi connectivity index (χ1v) is 21.6. The van der Waals surface area contributed by atoms with Crippen LogP contribution < -0.4 is 0 Å². The van der Waals surface area contributed by atoms with Crippen molar-refractivity contribution in [3.63, 3.8) is 0 Å². The number of carbonyl (C=O) groups excluding carboxylic acids is 3. The predicted octanol–water partition coefficient (Wildman–Crippen LogP) is 7.69. The molecule has 9 rings (SSSR count). The van der Waals surface area contributed by atoms with Gasteiger partial charge in [-0.25, -0.2) is 4.79 Å². The van der Waals surface area contributed by atoms with Gasteiger partial charge in [0.25, 0.3) is 0 Å². The van der Waals surface area contributed by atoms with Crippen LogP contribution in [0.5, 0.6) is 0 Å². The van der Waals surface area contributed by atoms with Crippen LogP contribution in [-0.4, -0.2) is 67.4 Å². The lowest BCUT2D eigenvalue weighted by molar-refractivity contribution is -0.251. The number of fused-ring (bicyclic) bond motifs is 5. The van der Waals surface area contributed by atoms with Gasteiger partial charge in [-0.15, -0.1) is 0 Å². The van der Waals surface area contributed by atoms with E-state index in [1.54, 1.807) is 30.9 Å². The molecule has 60 heavy (non-hydrogen) atoms. The highest BCUT2D eigenvalue weighted by molar-refractivity contribution is 5.85. The molecule has 0 radical (unpaired) electrons. The van der Waals surface area contributed by atoms with Crippen LogP contribution in [0.15, 0.2) is 85.0 Å². The van der Waals surface area contributed by atoms with E-state index in [4.69, 9.17) is 14.2 Å². The molecule has 9 unspecified atom stereocenters. The second kappa shape index (κ2) is 15.6. The SMILES string of the molecule is Cc1ccnc(-c2cc(CC(=O)OC3CCC4(C)C(CCC5C4CC(OC(=O)Cc4ccnc(-c6cc(C)ccn6)c4)C4(C)C(C6=CC(=O)OC6)CCC54O)C3)ccn2)c1. The molecule has 11 heteroatoms. The number of hydrogen-bond donors (Lipinski definition) is 1. The van der Waals surface area contributed by atoms with Crippen molar-refractivity contribution in [3.8, 4) is 22.8 Å². The first-order valence-electron chi connectivity index (χ1n) is 21.6. The van der Waals surface area contributed by atoms with Crippen molar-refractivity contribution < 1.29 is 33.7 Å². The van der Waals surface area contributed by atoms with Gasteiger partial charge in [-0.05, 0) is 171 Å². The highest BCUT2D eigenvalue weighted by Crippen LogP contribution is 2.70. The Bertz CT molecular complexity index is 2360. The van der Waals surface area contributed by atoms with Crippen LogP contribution in [0.4, 0.5) is 0 Å². The van der Waals surface area contributed by atoms with Gasteiger partial charge in [0, 0.05) is 36.3 Å². The first-order chi connectivity index (χ1) is 28.8. The van der Waals surface area contributed by atoms with E-state index >= 15 is 0 Å². The molecule has 0 amide bonds. The summed E-state index contributed by atoms with van der Waals surface area (Å²) in [6.45, 7) is 8.65. The summed E-state index contributed by atoms with van der Waals surface area (Å²) in [4.78, 5) is 57.8. The number of aromatic nitrogens is 4. The fourth-order valence-electron chi connectivity index (χ4n) is 12.2. The highest BCUT2D eigenvalue weighted by atomic mass is 16.6. The summed E-state index contributed by atoms with van der Waals surface area (Å²) < 4.78 is 18.2. The fourth-order valence-corrected chi connectivity index (χ4v) is 12.2. The second-order valence-corrected chi connectivity index (χ2v) is 18.6. The Balaban J connectivity index is 0.929. The van der Waals surface area contributed by atoms with E-state index in [1.165, 1.54) is 0 Å². The second-order valence-electron chi connectivity index (χ2n) is 18.6. The minimum absolute atomic E-state index is 0.00483. The van der Waals surface area contributed by atoms with Crippen molar-refractivity contribution in [3.05, 3.63) is 107 Å². The highest BCUT2D eigenvalue weighted by Gasteiger charge is 2.72. The first kappa shape index (κ1) is 40.1. The van der Waals surface area contributed by atoms with E-state index in [0.29, 0.717) is 25.0 Å². The van der Waals surface area contributed by atoms with Crippen molar-refractivity contribution in [1.29, 1.82) is 0 Å². The van der Waals surface area contributed by atoms with Crippen molar-refractivity contribution in [1.82, 2.24) is 19.9 Å². The van der Waals surface area contributed by atoms with Crippen molar-refractivity contribution >= 4 is 17.9 Å². The van der Waals surface area contributed by atoms with Gasteiger partial charge in [-0.3, -0.25) is 29.5 Å². The molecule has 4 aromatic heterocycles. The molecule has 5 heterocycles. The molecule has 1 aliphatic heterocycles. The molecule has 0 bridgehead atoms. The molecule has 1 N–H and O–H groups in total. The molecule has 11 nitrogen and oxygen atoms in total. The molecule has 4 saturated carbocycles. The standard InChI is InChI=1S/C49H54N4O7/c1-29-9-15-50-39(19-29)41-21-31(11-17-52-41)23-45(55)59-35-7-13-47(3)34(26-35)5-6-37-38(47)27-43(48(4)36(8-14-49(37,48)57)33-25-44(54)58-28-33)60-46(56)24-32-12-18-53-42(22-32)40-20-30(2)10-16-51-40/h9-12,15-22,25,34-38,43,57H,5-8,13-14,23-24,26-28H2,1-4H3. The predicted molar refractivity (Wildman–Crippen MR) is 223 cm³/mol. The maximum atomic E-state index is 14.1. The molecule has 9 atom stereocenters. The maximum absolute atomic E-state index is 14.1. The zero-order valence-corrected chi connectivity index (χ0v) is 34.9. The maximum Gasteiger partial charge on any atom is 0.331 e. The average molecular weight is 811 g/mol. The van der Waals surface area contributed by atoms with Crippen LogP contribution in [0.25, 0.3) is 22.8 Å². The molecular formula is C49H54N4O7. The van der Waals surface area contributed by atoms with Gasteiger partial charge < -0.3 is 19.3 Å². The van der Waals surface area contributed by atoms with Crippen molar-refractivity contribution in [2.75, 3.05) is 6.61 Å². The molecule has 0 spiro atoms. The molecule has 4 aromatic rings. The fraction of sp³-hybridized carbons (Fsp3) is 0.490. The number of hydrogen-bond acceptors (Lipinski definition) is 11. The quantitative estimate of drug-likeness (QED) is 0.131. The largest absolute Gasteiger partial charge is 0.462 e. The Morgan fingerprint density at radius 1 is 0.733 bits per heavy atom. The van der Waals surface area contributed by atoms with E-state index in [2.05, 4.69) is 33.8 Å². The zero-order chi connectivity index (χ0) is 41.8. The van der Waals surface area contributed by atoms with E-state index in [0.717, 1.165) is 77.0 Å². The Kier molecular flexibility index (Phi) is 10.5. The monoisotopic (exact) mass is 810 g/mol. The number of nitrogens with zero attached hydrogens (tertiary/aromatic N) is 4. The minimum atomic E-state index is -1.12. The van der Waals surface area contributed by atoms with Gasteiger partial charge in [-0.1, -0.05) is 13.8 Å². The summed E-state index contributed by atoms with van der Waals surface area (Å²) in [5.74, 6) is -0.784. The van der Waals surface area contributed by atoms with E-state index in [9.17, 15) is 19.5 Å². The van der Waals surface area contributed by atoms with Gasteiger partial charge in [0.05, 0.1) is 41.2 Å². The zero-order valence-electron chi connectivity index (χ0n) is 34.9. The molecule has 0 saturated heterocycles. The van der Waals surface area contributed by atoms with Crippen LogP contribution in [0.3, 0.4) is 0 Å². The Morgan fingerprint density at radius 2 is 1.32 bits per heavy atom. The van der Waals surface area contributed by atoms with Gasteiger partial charge in [-0.2, -0.15) is 0 Å². The van der Waals surface area contributed by atoms with Crippen LogP contribution in [0.1, 0.15) is 87.5 Å². The third-order valence-electron chi connectivity index (χ3n) is 15.3. The van der Waals surface area contributed by atoms with Crippen LogP contribution in [0.2, 0.25) is 0 Å². The summed E-state index contributed by atoms with van der Waals surface area (Å²) >= 11 is 0. The van der Waals surface area contributed by atoms with Gasteiger partial charge >= 0.3 is 17.9 Å². The smallest absolute Gasteiger partial charge is 0.331 e. The third kappa shape index (κ3) is 7.22. The molecule has 4 aliphatic carbocycles. The number of ether oxygens (including phenoxy) is 3. The van der Waals surface area contributed by atoms with Crippen LogP contribution in [0, 0.1) is 48.3 Å². The number of cyclic esters (lactones) is 1. The van der Waals surface area contributed by atoms with Gasteiger partial charge in [0.1, 0.15) is 18.8 Å². The summed E-state index contributed by atoms with van der Waals surface area (Å²) in [6.07, 6.45) is 13.9. The third-order valence-corrected chi connectivity index (χ3v) is 15.3. The van der Waals surface area contributed by atoms with E-state index in [-0.39, 0.29) is 72.5 Å². The van der Waals surface area contributed by atoms with Crippen LogP contribution in [-0.2, 0) is 41.4 Å². The Labute approximate surface area is 351 Å². The minimum Gasteiger partial charge on any atom is -0.462 e. The summed E-state index contributed by atoms with van der Waals surface area (Å²) in [5, 5.41) is 13.2. The molecule has 312 valence electrons. The van der Waals surface area contributed by atoms with Gasteiger partial charge in [0.15, 0.2) is 0 Å². The lowest BCUT2D eigenvalue weighted by atomic mass is 9.42. The normalized spacial score (nSPS) is 31.9.